The molecule has 3 heteroatoms. The average molecular weight is 286 g/mol. The van der Waals surface area contributed by atoms with E-state index >= 15 is 0 Å². The fourth-order valence-electron chi connectivity index (χ4n) is 3.77. The smallest absolute Gasteiger partial charge is 0.223 e. The lowest BCUT2D eigenvalue weighted by Gasteiger charge is -2.34. The standard InChI is InChI=1S/C18H26N2O/c1-12-4-5-13(2)17(10-12)19-16-6-7-18-15(11-16)8-9-20(18)14(3)21/h6-7,11-13,17,19H,4-5,8-10H2,1-3H3. The van der Waals surface area contributed by atoms with E-state index in [0.29, 0.717) is 6.04 Å². The van der Waals surface area contributed by atoms with Gasteiger partial charge in [-0.05, 0) is 54.9 Å². The molecule has 1 aliphatic carbocycles. The largest absolute Gasteiger partial charge is 0.382 e. The van der Waals surface area contributed by atoms with Crippen LogP contribution in [0.15, 0.2) is 18.2 Å². The first-order valence-electron chi connectivity index (χ1n) is 8.22. The summed E-state index contributed by atoms with van der Waals surface area (Å²) in [6.07, 6.45) is 4.91. The summed E-state index contributed by atoms with van der Waals surface area (Å²) >= 11 is 0. The van der Waals surface area contributed by atoms with Gasteiger partial charge in [-0.3, -0.25) is 4.79 Å². The van der Waals surface area contributed by atoms with Gasteiger partial charge in [-0.2, -0.15) is 0 Å². The lowest BCUT2D eigenvalue weighted by Crippen LogP contribution is -2.33. The van der Waals surface area contributed by atoms with Crippen molar-refractivity contribution in [1.82, 2.24) is 0 Å². The second kappa shape index (κ2) is 5.70. The summed E-state index contributed by atoms with van der Waals surface area (Å²) in [6.45, 7) is 7.18. The van der Waals surface area contributed by atoms with E-state index in [1.807, 2.05) is 4.90 Å². The van der Waals surface area contributed by atoms with Gasteiger partial charge in [0.1, 0.15) is 0 Å². The summed E-state index contributed by atoms with van der Waals surface area (Å²) in [4.78, 5) is 13.5. The maximum Gasteiger partial charge on any atom is 0.223 e. The molecule has 2 aliphatic rings. The topological polar surface area (TPSA) is 32.3 Å². The van der Waals surface area contributed by atoms with Gasteiger partial charge in [-0.25, -0.2) is 0 Å². The van der Waals surface area contributed by atoms with Crippen LogP contribution in [-0.2, 0) is 11.2 Å². The third kappa shape index (κ3) is 2.92. The van der Waals surface area contributed by atoms with Crippen molar-refractivity contribution in [2.45, 2.75) is 52.5 Å². The number of fused-ring (bicyclic) bond motifs is 1. The molecule has 0 spiro atoms. The predicted molar refractivity (Wildman–Crippen MR) is 87.8 cm³/mol. The Morgan fingerprint density at radius 1 is 1.29 bits per heavy atom. The van der Waals surface area contributed by atoms with Gasteiger partial charge in [0.05, 0.1) is 0 Å². The van der Waals surface area contributed by atoms with E-state index in [4.69, 9.17) is 0 Å². The molecule has 21 heavy (non-hydrogen) atoms. The van der Waals surface area contributed by atoms with Crippen molar-refractivity contribution in [2.24, 2.45) is 11.8 Å². The fraction of sp³-hybridized carbons (Fsp3) is 0.611. The molecule has 1 fully saturated rings. The molecule has 0 aromatic heterocycles. The number of nitrogens with one attached hydrogen (secondary N) is 1. The lowest BCUT2D eigenvalue weighted by atomic mass is 9.80. The summed E-state index contributed by atoms with van der Waals surface area (Å²) in [5, 5.41) is 3.73. The Morgan fingerprint density at radius 3 is 2.86 bits per heavy atom. The van der Waals surface area contributed by atoms with Gasteiger partial charge in [0.15, 0.2) is 0 Å². The van der Waals surface area contributed by atoms with Crippen molar-refractivity contribution in [3.63, 3.8) is 0 Å². The van der Waals surface area contributed by atoms with E-state index in [1.165, 1.54) is 30.5 Å². The van der Waals surface area contributed by atoms with Crippen LogP contribution in [-0.4, -0.2) is 18.5 Å². The van der Waals surface area contributed by atoms with Gasteiger partial charge in [-0.1, -0.05) is 20.3 Å². The average Bonchev–Trinajstić information content (AvgIpc) is 2.86. The fourth-order valence-corrected chi connectivity index (χ4v) is 3.77. The van der Waals surface area contributed by atoms with Crippen molar-refractivity contribution in [1.29, 1.82) is 0 Å². The minimum absolute atomic E-state index is 0.143. The Hall–Kier alpha value is -1.51. The van der Waals surface area contributed by atoms with E-state index < -0.39 is 0 Å². The molecule has 1 saturated carbocycles. The first-order chi connectivity index (χ1) is 10.0. The number of benzene rings is 1. The molecule has 3 nitrogen and oxygen atoms in total. The number of carbonyl (C=O) groups excluding carboxylic acids is 1. The van der Waals surface area contributed by atoms with Crippen molar-refractivity contribution in [2.75, 3.05) is 16.8 Å². The van der Waals surface area contributed by atoms with Crippen molar-refractivity contribution in [3.8, 4) is 0 Å². The summed E-state index contributed by atoms with van der Waals surface area (Å²) in [7, 11) is 0. The molecule has 1 amide bonds. The highest BCUT2D eigenvalue weighted by Gasteiger charge is 2.26. The highest BCUT2D eigenvalue weighted by Crippen LogP contribution is 2.34. The number of nitrogens with zero attached hydrogens (tertiary/aromatic N) is 1. The third-order valence-corrected chi connectivity index (χ3v) is 5.17. The maximum absolute atomic E-state index is 11.6. The van der Waals surface area contributed by atoms with E-state index in [2.05, 4.69) is 37.4 Å². The molecule has 1 N–H and O–H groups in total. The van der Waals surface area contributed by atoms with E-state index in [-0.39, 0.29) is 5.91 Å². The molecule has 3 rings (SSSR count). The molecule has 1 heterocycles. The molecule has 3 unspecified atom stereocenters. The van der Waals surface area contributed by atoms with Gasteiger partial charge in [0.25, 0.3) is 0 Å². The van der Waals surface area contributed by atoms with Crippen LogP contribution >= 0.6 is 0 Å². The van der Waals surface area contributed by atoms with Crippen LogP contribution < -0.4 is 10.2 Å². The Balaban J connectivity index is 1.74. The minimum Gasteiger partial charge on any atom is -0.382 e. The lowest BCUT2D eigenvalue weighted by molar-refractivity contribution is -0.116. The molecule has 0 saturated heterocycles. The number of hydrogen-bond acceptors (Lipinski definition) is 2. The van der Waals surface area contributed by atoms with Crippen LogP contribution in [0.1, 0.15) is 45.6 Å². The van der Waals surface area contributed by atoms with Crippen LogP contribution in [0.5, 0.6) is 0 Å². The Kier molecular flexibility index (Phi) is 3.92. The molecule has 1 aromatic rings. The molecule has 3 atom stereocenters. The molecular weight excluding hydrogens is 260 g/mol. The SMILES string of the molecule is CC(=O)N1CCc2cc(NC3CC(C)CCC3C)ccc21. The number of carbonyl (C=O) groups is 1. The van der Waals surface area contributed by atoms with Gasteiger partial charge in [-0.15, -0.1) is 0 Å². The molecule has 0 bridgehead atoms. The number of anilines is 2. The highest BCUT2D eigenvalue weighted by molar-refractivity contribution is 5.94. The first kappa shape index (κ1) is 14.4. The molecule has 1 aromatic carbocycles. The van der Waals surface area contributed by atoms with Crippen LogP contribution in [0.4, 0.5) is 11.4 Å². The monoisotopic (exact) mass is 286 g/mol. The van der Waals surface area contributed by atoms with Gasteiger partial charge in [0.2, 0.25) is 5.91 Å². The van der Waals surface area contributed by atoms with E-state index in [0.717, 1.165) is 30.5 Å². The van der Waals surface area contributed by atoms with E-state index in [9.17, 15) is 4.79 Å². The summed E-state index contributed by atoms with van der Waals surface area (Å²) in [6, 6.07) is 7.05. The van der Waals surface area contributed by atoms with E-state index in [1.54, 1.807) is 6.92 Å². The zero-order valence-corrected chi connectivity index (χ0v) is 13.4. The number of hydrogen-bond donors (Lipinski definition) is 1. The maximum atomic E-state index is 11.6. The second-order valence-electron chi connectivity index (χ2n) is 6.91. The predicted octanol–water partition coefficient (Wildman–Crippen LogP) is 3.83. The third-order valence-electron chi connectivity index (χ3n) is 5.17. The van der Waals surface area contributed by atoms with Crippen molar-refractivity contribution < 1.29 is 4.79 Å². The minimum atomic E-state index is 0.143. The van der Waals surface area contributed by atoms with Crippen LogP contribution in [0.3, 0.4) is 0 Å². The van der Waals surface area contributed by atoms with Crippen LogP contribution in [0.25, 0.3) is 0 Å². The van der Waals surface area contributed by atoms with Gasteiger partial charge >= 0.3 is 0 Å². The number of rotatable bonds is 2. The van der Waals surface area contributed by atoms with Gasteiger partial charge in [0, 0.05) is 30.9 Å². The van der Waals surface area contributed by atoms with Crippen LogP contribution in [0.2, 0.25) is 0 Å². The normalized spacial score (nSPS) is 28.3. The summed E-state index contributed by atoms with van der Waals surface area (Å²) < 4.78 is 0. The van der Waals surface area contributed by atoms with Gasteiger partial charge < -0.3 is 10.2 Å². The van der Waals surface area contributed by atoms with Crippen molar-refractivity contribution in [3.05, 3.63) is 23.8 Å². The number of amides is 1. The van der Waals surface area contributed by atoms with Crippen molar-refractivity contribution >= 4 is 17.3 Å². The molecule has 0 radical (unpaired) electrons. The highest BCUT2D eigenvalue weighted by atomic mass is 16.2. The first-order valence-corrected chi connectivity index (χ1v) is 8.22. The molecular formula is C18H26N2O. The summed E-state index contributed by atoms with van der Waals surface area (Å²) in [5.41, 5.74) is 3.61. The Labute approximate surface area is 127 Å². The zero-order valence-electron chi connectivity index (χ0n) is 13.4. The molecule has 114 valence electrons. The quantitative estimate of drug-likeness (QED) is 0.896. The Bertz CT molecular complexity index is 540. The Morgan fingerprint density at radius 2 is 2.10 bits per heavy atom. The summed E-state index contributed by atoms with van der Waals surface area (Å²) in [5.74, 6) is 1.70. The molecule has 1 aliphatic heterocycles. The zero-order chi connectivity index (χ0) is 15.0. The van der Waals surface area contributed by atoms with Crippen LogP contribution in [0, 0.1) is 11.8 Å². The second-order valence-corrected chi connectivity index (χ2v) is 6.91.